The van der Waals surface area contributed by atoms with Crippen molar-refractivity contribution in [1.82, 2.24) is 10.3 Å². The molecule has 0 radical (unpaired) electrons. The van der Waals surface area contributed by atoms with Gasteiger partial charge in [-0.1, -0.05) is 38.1 Å². The molecule has 1 aliphatic heterocycles. The number of anilines is 2. The summed E-state index contributed by atoms with van der Waals surface area (Å²) in [6.07, 6.45) is 4.86. The number of benzene rings is 3. The van der Waals surface area contributed by atoms with Crippen molar-refractivity contribution in [2.45, 2.75) is 38.9 Å². The smallest absolute Gasteiger partial charge is 0.273 e. The summed E-state index contributed by atoms with van der Waals surface area (Å²) in [4.78, 5) is 31.3. The number of carbonyl (C=O) groups excluding carboxylic acids is 2. The third-order valence-electron chi connectivity index (χ3n) is 7.37. The van der Waals surface area contributed by atoms with E-state index in [1.165, 1.54) is 24.8 Å². The SMILES string of the molecule is CCN(CC)CCSCc1cccc(C(=O)Nc2ccc(N3CCCCC3)cc2C(=O)NN=Cc2ccc(F)cc2)c1. The summed E-state index contributed by atoms with van der Waals surface area (Å²) in [5, 5.41) is 7.01. The fourth-order valence-corrected chi connectivity index (χ4v) is 5.82. The Hall–Kier alpha value is -3.69. The zero-order valence-corrected chi connectivity index (χ0v) is 25.3. The molecule has 9 heteroatoms. The van der Waals surface area contributed by atoms with Crippen LogP contribution in [0.25, 0.3) is 0 Å². The molecule has 4 rings (SSSR count). The molecule has 7 nitrogen and oxygen atoms in total. The summed E-state index contributed by atoms with van der Waals surface area (Å²) in [5.41, 5.74) is 6.51. The summed E-state index contributed by atoms with van der Waals surface area (Å²) >= 11 is 1.85. The number of nitrogens with zero attached hydrogens (tertiary/aromatic N) is 3. The molecular formula is C33H40FN5O2S. The Morgan fingerprint density at radius 1 is 0.976 bits per heavy atom. The highest BCUT2D eigenvalue weighted by Crippen LogP contribution is 2.27. The van der Waals surface area contributed by atoms with E-state index in [0.717, 1.165) is 68.3 Å². The third kappa shape index (κ3) is 9.16. The number of carbonyl (C=O) groups is 2. The second kappa shape index (κ2) is 16.1. The van der Waals surface area contributed by atoms with Gasteiger partial charge in [-0.05, 0) is 85.9 Å². The van der Waals surface area contributed by atoms with Gasteiger partial charge in [0.05, 0.1) is 17.5 Å². The van der Waals surface area contributed by atoms with Crippen LogP contribution in [0.2, 0.25) is 0 Å². The van der Waals surface area contributed by atoms with Crippen molar-refractivity contribution in [3.05, 3.63) is 94.8 Å². The predicted molar refractivity (Wildman–Crippen MR) is 172 cm³/mol. The van der Waals surface area contributed by atoms with Crippen LogP contribution >= 0.6 is 11.8 Å². The monoisotopic (exact) mass is 589 g/mol. The molecule has 1 heterocycles. The second-order valence-electron chi connectivity index (χ2n) is 10.3. The molecule has 42 heavy (non-hydrogen) atoms. The van der Waals surface area contributed by atoms with Crippen LogP contribution in [0.15, 0.2) is 71.8 Å². The highest BCUT2D eigenvalue weighted by Gasteiger charge is 2.19. The van der Waals surface area contributed by atoms with Crippen LogP contribution in [0.3, 0.4) is 0 Å². The molecular weight excluding hydrogens is 549 g/mol. The first-order valence-electron chi connectivity index (χ1n) is 14.6. The summed E-state index contributed by atoms with van der Waals surface area (Å²) in [7, 11) is 0. The van der Waals surface area contributed by atoms with Crippen molar-refractivity contribution in [2.75, 3.05) is 48.7 Å². The van der Waals surface area contributed by atoms with Gasteiger partial charge >= 0.3 is 0 Å². The highest BCUT2D eigenvalue weighted by atomic mass is 32.2. The van der Waals surface area contributed by atoms with Crippen molar-refractivity contribution < 1.29 is 14.0 Å². The lowest BCUT2D eigenvalue weighted by Gasteiger charge is -2.29. The molecule has 1 aliphatic rings. The quantitative estimate of drug-likeness (QED) is 0.137. The van der Waals surface area contributed by atoms with Gasteiger partial charge in [0.15, 0.2) is 0 Å². The molecule has 1 saturated heterocycles. The Kier molecular flexibility index (Phi) is 12.0. The molecule has 3 aromatic carbocycles. The van der Waals surface area contributed by atoms with Gasteiger partial charge in [0.25, 0.3) is 11.8 Å². The van der Waals surface area contributed by atoms with E-state index < -0.39 is 5.91 Å². The Morgan fingerprint density at radius 2 is 1.74 bits per heavy atom. The first-order chi connectivity index (χ1) is 20.5. The number of nitrogens with one attached hydrogen (secondary N) is 2. The minimum atomic E-state index is -0.444. The first-order valence-corrected chi connectivity index (χ1v) is 15.8. The third-order valence-corrected chi connectivity index (χ3v) is 8.38. The van der Waals surface area contributed by atoms with Crippen LogP contribution in [0, 0.1) is 5.82 Å². The van der Waals surface area contributed by atoms with Crippen molar-refractivity contribution in [2.24, 2.45) is 5.10 Å². The largest absolute Gasteiger partial charge is 0.372 e. The van der Waals surface area contributed by atoms with E-state index in [-0.39, 0.29) is 11.7 Å². The lowest BCUT2D eigenvalue weighted by molar-refractivity contribution is 0.0956. The minimum absolute atomic E-state index is 0.278. The van der Waals surface area contributed by atoms with Gasteiger partial charge in [-0.15, -0.1) is 0 Å². The van der Waals surface area contributed by atoms with E-state index in [9.17, 15) is 14.0 Å². The summed E-state index contributed by atoms with van der Waals surface area (Å²) in [5.74, 6) is 0.794. The van der Waals surface area contributed by atoms with Crippen molar-refractivity contribution >= 4 is 41.2 Å². The molecule has 0 aromatic heterocycles. The molecule has 1 fully saturated rings. The Labute approximate surface area is 252 Å². The van der Waals surface area contributed by atoms with Crippen LogP contribution in [-0.2, 0) is 5.75 Å². The summed E-state index contributed by atoms with van der Waals surface area (Å²) in [6.45, 7) is 9.34. The van der Waals surface area contributed by atoms with E-state index in [0.29, 0.717) is 22.4 Å². The molecule has 0 spiro atoms. The zero-order chi connectivity index (χ0) is 29.7. The maximum Gasteiger partial charge on any atom is 0.273 e. The zero-order valence-electron chi connectivity index (χ0n) is 24.4. The number of piperidine rings is 1. The van der Waals surface area contributed by atoms with Gasteiger partial charge in [-0.3, -0.25) is 9.59 Å². The molecule has 0 saturated carbocycles. The summed E-state index contributed by atoms with van der Waals surface area (Å²) < 4.78 is 13.2. The fourth-order valence-electron chi connectivity index (χ4n) is 4.87. The number of amides is 2. The Morgan fingerprint density at radius 3 is 2.48 bits per heavy atom. The number of hydrazone groups is 1. The van der Waals surface area contributed by atoms with Crippen molar-refractivity contribution in [3.63, 3.8) is 0 Å². The molecule has 0 unspecified atom stereocenters. The summed E-state index contributed by atoms with van der Waals surface area (Å²) in [6, 6.07) is 19.0. The Balaban J connectivity index is 1.47. The maximum absolute atomic E-state index is 13.3. The fraction of sp³-hybridized carbons (Fsp3) is 0.364. The number of halogens is 1. The van der Waals surface area contributed by atoms with E-state index in [1.54, 1.807) is 24.3 Å². The molecule has 0 aliphatic carbocycles. The van der Waals surface area contributed by atoms with Gasteiger partial charge in [0.1, 0.15) is 5.82 Å². The molecule has 0 atom stereocenters. The maximum atomic E-state index is 13.3. The Bertz CT molecular complexity index is 1350. The predicted octanol–water partition coefficient (Wildman–Crippen LogP) is 6.41. The van der Waals surface area contributed by atoms with Gasteiger partial charge in [-0.25, -0.2) is 9.82 Å². The molecule has 222 valence electrons. The van der Waals surface area contributed by atoms with Crippen molar-refractivity contribution in [1.29, 1.82) is 0 Å². The van der Waals surface area contributed by atoms with Crippen LogP contribution in [0.4, 0.5) is 15.8 Å². The first kappa shape index (κ1) is 31.3. The van der Waals surface area contributed by atoms with Gasteiger partial charge < -0.3 is 15.1 Å². The standard InChI is InChI=1S/C33H40FN5O2S/c1-3-38(4-2)19-20-42-24-26-9-8-10-27(21-26)32(40)36-31-16-15-29(39-17-6-5-7-18-39)22-30(31)33(41)37-35-23-25-11-13-28(34)14-12-25/h8-16,21-23H,3-7,17-20,24H2,1-2H3,(H,36,40)(H,37,41). The number of hydrogen-bond donors (Lipinski definition) is 2. The van der Waals surface area contributed by atoms with Crippen molar-refractivity contribution in [3.8, 4) is 0 Å². The average Bonchev–Trinajstić information content (AvgIpc) is 3.02. The normalized spacial score (nSPS) is 13.5. The lowest BCUT2D eigenvalue weighted by atomic mass is 10.1. The van der Waals surface area contributed by atoms with E-state index >= 15 is 0 Å². The van der Waals surface area contributed by atoms with Gasteiger partial charge in [0.2, 0.25) is 0 Å². The van der Waals surface area contributed by atoms with E-state index in [4.69, 9.17) is 0 Å². The minimum Gasteiger partial charge on any atom is -0.372 e. The van der Waals surface area contributed by atoms with E-state index in [2.05, 4.69) is 39.5 Å². The molecule has 2 amide bonds. The lowest BCUT2D eigenvalue weighted by Crippen LogP contribution is -2.30. The van der Waals surface area contributed by atoms with Crippen LogP contribution < -0.4 is 15.6 Å². The second-order valence-corrected chi connectivity index (χ2v) is 11.4. The van der Waals surface area contributed by atoms with Crippen LogP contribution in [0.1, 0.15) is 65.0 Å². The topological polar surface area (TPSA) is 77.0 Å². The number of thioether (sulfide) groups is 1. The van der Waals surface area contributed by atoms with Crippen LogP contribution in [0.5, 0.6) is 0 Å². The number of hydrogen-bond acceptors (Lipinski definition) is 6. The highest BCUT2D eigenvalue weighted by molar-refractivity contribution is 7.98. The van der Waals surface area contributed by atoms with Gasteiger partial charge in [0, 0.05) is 42.4 Å². The van der Waals surface area contributed by atoms with Gasteiger partial charge in [-0.2, -0.15) is 16.9 Å². The average molecular weight is 590 g/mol. The van der Waals surface area contributed by atoms with E-state index in [1.807, 2.05) is 42.1 Å². The molecule has 3 aromatic rings. The molecule has 0 bridgehead atoms. The van der Waals surface area contributed by atoms with Crippen LogP contribution in [-0.4, -0.2) is 61.4 Å². The molecule has 2 N–H and O–H groups in total. The number of rotatable bonds is 13.